The lowest BCUT2D eigenvalue weighted by Crippen LogP contribution is -2.09. The van der Waals surface area contributed by atoms with Gasteiger partial charge in [-0.3, -0.25) is 0 Å². The van der Waals surface area contributed by atoms with Crippen LogP contribution in [-0.2, 0) is 6.54 Å². The van der Waals surface area contributed by atoms with Gasteiger partial charge in [0.15, 0.2) is 5.82 Å². The van der Waals surface area contributed by atoms with Gasteiger partial charge in [-0.15, -0.1) is 5.10 Å². The molecule has 6 nitrogen and oxygen atoms in total. The highest BCUT2D eigenvalue weighted by molar-refractivity contribution is 5.36. The lowest BCUT2D eigenvalue weighted by Gasteiger charge is -2.09. The lowest BCUT2D eigenvalue weighted by atomic mass is 10.1. The number of nitrogens with zero attached hydrogens (tertiary/aromatic N) is 4. The second-order valence-electron chi connectivity index (χ2n) is 4.47. The highest BCUT2D eigenvalue weighted by Crippen LogP contribution is 2.21. The standard InChI is InChI=1S/C11H17N5O/c1-6(2)10-11(12)13-15-16(10)5-9-7(3)14-17-8(9)4/h6H,5,12H2,1-4H3. The molecular weight excluding hydrogens is 218 g/mol. The van der Waals surface area contributed by atoms with E-state index in [2.05, 4.69) is 29.3 Å². The third-order valence-electron chi connectivity index (χ3n) is 2.84. The van der Waals surface area contributed by atoms with Crippen molar-refractivity contribution in [2.24, 2.45) is 0 Å². The number of nitrogen functional groups attached to an aromatic ring is 1. The van der Waals surface area contributed by atoms with E-state index in [-0.39, 0.29) is 5.92 Å². The highest BCUT2D eigenvalue weighted by atomic mass is 16.5. The molecule has 0 aliphatic carbocycles. The van der Waals surface area contributed by atoms with E-state index in [4.69, 9.17) is 10.3 Å². The quantitative estimate of drug-likeness (QED) is 0.874. The van der Waals surface area contributed by atoms with Gasteiger partial charge in [-0.1, -0.05) is 24.2 Å². The van der Waals surface area contributed by atoms with Gasteiger partial charge in [0.1, 0.15) is 5.76 Å². The van der Waals surface area contributed by atoms with E-state index >= 15 is 0 Å². The van der Waals surface area contributed by atoms with Crippen LogP contribution in [0.1, 0.15) is 42.5 Å². The van der Waals surface area contributed by atoms with E-state index in [9.17, 15) is 0 Å². The summed E-state index contributed by atoms with van der Waals surface area (Å²) < 4.78 is 6.94. The van der Waals surface area contributed by atoms with Gasteiger partial charge < -0.3 is 10.3 Å². The van der Waals surface area contributed by atoms with Crippen molar-refractivity contribution < 1.29 is 4.52 Å². The van der Waals surface area contributed by atoms with Gasteiger partial charge in [-0.25, -0.2) is 4.68 Å². The van der Waals surface area contributed by atoms with Crippen LogP contribution in [0, 0.1) is 13.8 Å². The maximum Gasteiger partial charge on any atom is 0.169 e. The number of anilines is 1. The summed E-state index contributed by atoms with van der Waals surface area (Å²) in [4.78, 5) is 0. The molecule has 17 heavy (non-hydrogen) atoms. The Kier molecular flexibility index (Phi) is 2.87. The van der Waals surface area contributed by atoms with Gasteiger partial charge in [0.25, 0.3) is 0 Å². The van der Waals surface area contributed by atoms with Crippen molar-refractivity contribution in [3.63, 3.8) is 0 Å². The summed E-state index contributed by atoms with van der Waals surface area (Å²) in [5.41, 5.74) is 8.68. The van der Waals surface area contributed by atoms with E-state index in [0.717, 1.165) is 22.7 Å². The molecule has 0 aromatic carbocycles. The Morgan fingerprint density at radius 2 is 2.06 bits per heavy atom. The fourth-order valence-electron chi connectivity index (χ4n) is 1.92. The number of hydrogen-bond acceptors (Lipinski definition) is 5. The molecule has 0 unspecified atom stereocenters. The average Bonchev–Trinajstić information content (AvgIpc) is 2.76. The summed E-state index contributed by atoms with van der Waals surface area (Å²) in [5.74, 6) is 1.59. The molecule has 0 aliphatic heterocycles. The number of aromatic nitrogens is 4. The molecule has 92 valence electrons. The fourth-order valence-corrected chi connectivity index (χ4v) is 1.92. The van der Waals surface area contributed by atoms with Crippen LogP contribution in [0.3, 0.4) is 0 Å². The molecule has 0 bridgehead atoms. The molecule has 0 amide bonds. The van der Waals surface area contributed by atoms with Gasteiger partial charge >= 0.3 is 0 Å². The lowest BCUT2D eigenvalue weighted by molar-refractivity contribution is 0.391. The van der Waals surface area contributed by atoms with E-state index in [1.54, 1.807) is 0 Å². The molecule has 2 rings (SSSR count). The molecular formula is C11H17N5O. The van der Waals surface area contributed by atoms with Gasteiger partial charge in [-0.05, 0) is 19.8 Å². The third kappa shape index (κ3) is 2.02. The second kappa shape index (κ2) is 4.20. The van der Waals surface area contributed by atoms with Crippen molar-refractivity contribution in [2.45, 2.75) is 40.2 Å². The van der Waals surface area contributed by atoms with Crippen LogP contribution in [-0.4, -0.2) is 20.2 Å². The van der Waals surface area contributed by atoms with Crippen LogP contribution >= 0.6 is 0 Å². The van der Waals surface area contributed by atoms with Crippen molar-refractivity contribution in [1.82, 2.24) is 20.2 Å². The van der Waals surface area contributed by atoms with Gasteiger partial charge in [0.05, 0.1) is 17.9 Å². The smallest absolute Gasteiger partial charge is 0.169 e. The molecule has 0 aliphatic rings. The maximum absolute atomic E-state index is 5.81. The number of aryl methyl sites for hydroxylation is 2. The van der Waals surface area contributed by atoms with Crippen LogP contribution in [0.15, 0.2) is 4.52 Å². The average molecular weight is 235 g/mol. The summed E-state index contributed by atoms with van der Waals surface area (Å²) in [6.45, 7) is 8.54. The Hall–Kier alpha value is -1.85. The molecule has 0 atom stereocenters. The van der Waals surface area contributed by atoms with Crippen LogP contribution in [0.2, 0.25) is 0 Å². The Bertz CT molecular complexity index is 506. The van der Waals surface area contributed by atoms with E-state index in [1.165, 1.54) is 0 Å². The predicted octanol–water partition coefficient (Wildman–Crippen LogP) is 1.64. The maximum atomic E-state index is 5.81. The Morgan fingerprint density at radius 1 is 1.35 bits per heavy atom. The molecule has 6 heteroatoms. The first-order valence-electron chi connectivity index (χ1n) is 5.61. The predicted molar refractivity (Wildman–Crippen MR) is 63.6 cm³/mol. The highest BCUT2D eigenvalue weighted by Gasteiger charge is 2.17. The first-order valence-corrected chi connectivity index (χ1v) is 5.61. The Morgan fingerprint density at radius 3 is 2.59 bits per heavy atom. The Labute approximate surface area is 99.8 Å². The normalized spacial score (nSPS) is 11.4. The summed E-state index contributed by atoms with van der Waals surface area (Å²) in [5, 5.41) is 11.9. The van der Waals surface area contributed by atoms with Gasteiger partial charge in [0.2, 0.25) is 0 Å². The number of nitrogens with two attached hydrogens (primary N) is 1. The molecule has 0 saturated carbocycles. The van der Waals surface area contributed by atoms with Crippen LogP contribution in [0.4, 0.5) is 5.82 Å². The van der Waals surface area contributed by atoms with E-state index in [0.29, 0.717) is 12.4 Å². The summed E-state index contributed by atoms with van der Waals surface area (Å²) in [6, 6.07) is 0. The monoisotopic (exact) mass is 235 g/mol. The van der Waals surface area contributed by atoms with Gasteiger partial charge in [-0.2, -0.15) is 0 Å². The molecule has 2 heterocycles. The molecule has 0 spiro atoms. The number of rotatable bonds is 3. The first-order chi connectivity index (χ1) is 8.00. The minimum absolute atomic E-state index is 0.283. The molecule has 0 radical (unpaired) electrons. The summed E-state index contributed by atoms with van der Waals surface area (Å²) >= 11 is 0. The molecule has 2 N–H and O–H groups in total. The summed E-state index contributed by atoms with van der Waals surface area (Å²) in [6.07, 6.45) is 0. The van der Waals surface area contributed by atoms with Crippen LogP contribution in [0.25, 0.3) is 0 Å². The van der Waals surface area contributed by atoms with Crippen molar-refractivity contribution in [3.8, 4) is 0 Å². The van der Waals surface area contributed by atoms with Crippen molar-refractivity contribution in [1.29, 1.82) is 0 Å². The van der Waals surface area contributed by atoms with E-state index in [1.807, 2.05) is 18.5 Å². The second-order valence-corrected chi connectivity index (χ2v) is 4.47. The van der Waals surface area contributed by atoms with Crippen LogP contribution in [0.5, 0.6) is 0 Å². The SMILES string of the molecule is Cc1noc(C)c1Cn1nnc(N)c1C(C)C. The molecule has 2 aromatic heterocycles. The third-order valence-corrected chi connectivity index (χ3v) is 2.84. The van der Waals surface area contributed by atoms with E-state index < -0.39 is 0 Å². The van der Waals surface area contributed by atoms with Crippen molar-refractivity contribution in [3.05, 3.63) is 22.7 Å². The first kappa shape index (κ1) is 11.6. The fraction of sp³-hybridized carbons (Fsp3) is 0.545. The topological polar surface area (TPSA) is 82.8 Å². The zero-order valence-electron chi connectivity index (χ0n) is 10.6. The minimum Gasteiger partial charge on any atom is -0.381 e. The zero-order chi connectivity index (χ0) is 12.6. The van der Waals surface area contributed by atoms with Crippen molar-refractivity contribution >= 4 is 5.82 Å². The zero-order valence-corrected chi connectivity index (χ0v) is 10.6. The van der Waals surface area contributed by atoms with Gasteiger partial charge in [0, 0.05) is 5.56 Å². The molecule has 0 saturated heterocycles. The van der Waals surface area contributed by atoms with Crippen molar-refractivity contribution in [2.75, 3.05) is 5.73 Å². The minimum atomic E-state index is 0.283. The largest absolute Gasteiger partial charge is 0.381 e. The molecule has 0 fully saturated rings. The Balaban J connectivity index is 2.37. The van der Waals surface area contributed by atoms with Crippen LogP contribution < -0.4 is 5.73 Å². The number of hydrogen-bond donors (Lipinski definition) is 1. The summed E-state index contributed by atoms with van der Waals surface area (Å²) in [7, 11) is 0. The molecule has 2 aromatic rings.